The second kappa shape index (κ2) is 14.1. The molecule has 0 saturated carbocycles. The van der Waals surface area contributed by atoms with Crippen LogP contribution in [-0.4, -0.2) is 52.4 Å². The van der Waals surface area contributed by atoms with Crippen molar-refractivity contribution in [3.8, 4) is 0 Å². The first-order valence-corrected chi connectivity index (χ1v) is 6.24. The molecule has 0 aliphatic carbocycles. The molecule has 15 heavy (non-hydrogen) atoms. The van der Waals surface area contributed by atoms with Crippen LogP contribution in [0.2, 0.25) is 0 Å². The lowest BCUT2D eigenvalue weighted by Gasteiger charge is -2.28. The molecule has 0 radical (unpaired) electrons. The highest BCUT2D eigenvalue weighted by Crippen LogP contribution is 2.06. The smallest absolute Gasteiger partial charge is 0.177 e. The molecule has 0 aliphatic heterocycles. The van der Waals surface area contributed by atoms with Crippen LogP contribution >= 0.6 is 8.69 Å². The first-order valence-electron chi connectivity index (χ1n) is 5.25. The van der Waals surface area contributed by atoms with E-state index in [9.17, 15) is 0 Å². The maximum atomic E-state index is 8.78. The Kier molecular flexibility index (Phi) is 16.4. The highest BCUT2D eigenvalue weighted by molar-refractivity contribution is 7.16. The predicted molar refractivity (Wildman–Crippen MR) is 62.7 cm³/mol. The number of rotatable bonds is 7. The minimum Gasteiger partial charge on any atom is -0.395 e. The molecule has 0 aliphatic rings. The molecule has 3 N–H and O–H groups in total. The third kappa shape index (κ3) is 10.4. The summed E-state index contributed by atoms with van der Waals surface area (Å²) in [7, 11) is -1.50. The van der Waals surface area contributed by atoms with Gasteiger partial charge < -0.3 is 15.1 Å². The minimum atomic E-state index is -1.50. The summed E-state index contributed by atoms with van der Waals surface area (Å²) in [5.41, 5.74) is 0. The van der Waals surface area contributed by atoms with Gasteiger partial charge in [0.1, 0.15) is 0 Å². The van der Waals surface area contributed by atoms with Crippen LogP contribution in [0.1, 0.15) is 26.7 Å². The first kappa shape index (κ1) is 17.5. The van der Waals surface area contributed by atoms with Gasteiger partial charge in [-0.2, -0.15) is 0 Å². The Bertz CT molecular complexity index is 127. The Morgan fingerprint density at radius 1 is 1.13 bits per heavy atom. The van der Waals surface area contributed by atoms with Crippen LogP contribution in [-0.2, 0) is 4.57 Å². The van der Waals surface area contributed by atoms with Gasteiger partial charge in [-0.05, 0) is 12.8 Å². The zero-order valence-electron chi connectivity index (χ0n) is 9.59. The number of hydrogen-bond donors (Lipinski definition) is 3. The van der Waals surface area contributed by atoms with Crippen LogP contribution in [0.5, 0.6) is 0 Å². The molecule has 0 aromatic carbocycles. The lowest BCUT2D eigenvalue weighted by molar-refractivity contribution is 0.117. The predicted octanol–water partition coefficient (Wildman–Crippen LogP) is 0.112. The maximum absolute atomic E-state index is 8.78. The molecule has 5 nitrogen and oxygen atoms in total. The second-order valence-electron chi connectivity index (χ2n) is 3.06. The molecule has 0 saturated heterocycles. The first-order chi connectivity index (χ1) is 7.21. The van der Waals surface area contributed by atoms with E-state index in [0.29, 0.717) is 19.1 Å². The molecule has 94 valence electrons. The molecule has 0 fully saturated rings. The zero-order valence-corrected chi connectivity index (χ0v) is 10.7. The lowest BCUT2D eigenvalue weighted by Crippen LogP contribution is -2.38. The summed E-state index contributed by atoms with van der Waals surface area (Å²) in [6, 6.07) is 0.504. The molecule has 0 amide bonds. The number of aliphatic hydroxyl groups excluding tert-OH is 2. The third-order valence-corrected chi connectivity index (χ3v) is 2.23. The van der Waals surface area contributed by atoms with Gasteiger partial charge in [-0.15, -0.1) is 0 Å². The van der Waals surface area contributed by atoms with Crippen LogP contribution in [0, 0.1) is 0 Å². The van der Waals surface area contributed by atoms with Crippen molar-refractivity contribution in [3.63, 3.8) is 0 Å². The Morgan fingerprint density at radius 2 is 1.47 bits per heavy atom. The normalized spacial score (nSPS) is 11.1. The average Bonchev–Trinajstić information content (AvgIpc) is 2.21. The van der Waals surface area contributed by atoms with Gasteiger partial charge in [0.05, 0.1) is 13.2 Å². The van der Waals surface area contributed by atoms with E-state index in [1.54, 1.807) is 0 Å². The van der Waals surface area contributed by atoms with Gasteiger partial charge in [-0.1, -0.05) is 13.8 Å². The number of nitrogens with zero attached hydrogens (tertiary/aromatic N) is 1. The third-order valence-electron chi connectivity index (χ3n) is 2.23. The molecule has 1 unspecified atom stereocenters. The van der Waals surface area contributed by atoms with Gasteiger partial charge in [-0.25, -0.2) is 0 Å². The van der Waals surface area contributed by atoms with E-state index < -0.39 is 8.69 Å². The second-order valence-corrected chi connectivity index (χ2v) is 3.27. The van der Waals surface area contributed by atoms with Crippen molar-refractivity contribution >= 4 is 8.69 Å². The number of aliphatic hydroxyl groups is 2. The number of hydrogen-bond acceptors (Lipinski definition) is 4. The summed E-state index contributed by atoms with van der Waals surface area (Å²) in [4.78, 5) is 9.24. The Labute approximate surface area is 93.0 Å². The van der Waals surface area contributed by atoms with Gasteiger partial charge >= 0.3 is 0 Å². The molecule has 0 rings (SSSR count). The fourth-order valence-electron chi connectivity index (χ4n) is 1.54. The largest absolute Gasteiger partial charge is 0.395 e. The van der Waals surface area contributed by atoms with Crippen LogP contribution < -0.4 is 0 Å². The van der Waals surface area contributed by atoms with Crippen LogP contribution in [0.15, 0.2) is 0 Å². The van der Waals surface area contributed by atoms with Gasteiger partial charge in [0.15, 0.2) is 8.69 Å². The molecular weight excluding hydrogens is 217 g/mol. The Balaban J connectivity index is 0. The topological polar surface area (TPSA) is 81.0 Å². The molecule has 0 aromatic heterocycles. The lowest BCUT2D eigenvalue weighted by atomic mass is 10.1. The summed E-state index contributed by atoms with van der Waals surface area (Å²) in [5.74, 6) is 0. The standard InChI is InChI=1S/C9H21NO2.H3O2P/c1-3-9(4-2)10(5-7-11)6-8-12;1-3-2/h9,11-12H,3-8H2,1-2H3;3H2,(H,1,2). The van der Waals surface area contributed by atoms with Gasteiger partial charge in [0, 0.05) is 19.1 Å². The average molecular weight is 241 g/mol. The van der Waals surface area contributed by atoms with E-state index >= 15 is 0 Å². The highest BCUT2D eigenvalue weighted by atomic mass is 31.1. The van der Waals surface area contributed by atoms with Crippen LogP contribution in [0.25, 0.3) is 0 Å². The summed E-state index contributed by atoms with van der Waals surface area (Å²) >= 11 is 0. The van der Waals surface area contributed by atoms with Crippen molar-refractivity contribution in [2.45, 2.75) is 32.7 Å². The van der Waals surface area contributed by atoms with Crippen molar-refractivity contribution < 1.29 is 19.7 Å². The summed E-state index contributed by atoms with van der Waals surface area (Å²) < 4.78 is 8.57. The Morgan fingerprint density at radius 3 is 1.67 bits per heavy atom. The van der Waals surface area contributed by atoms with Crippen molar-refractivity contribution in [1.29, 1.82) is 0 Å². The van der Waals surface area contributed by atoms with E-state index in [-0.39, 0.29) is 13.2 Å². The van der Waals surface area contributed by atoms with Gasteiger partial charge in [0.25, 0.3) is 0 Å². The van der Waals surface area contributed by atoms with E-state index in [1.807, 2.05) is 0 Å². The van der Waals surface area contributed by atoms with Crippen molar-refractivity contribution in [2.75, 3.05) is 26.3 Å². The summed E-state index contributed by atoms with van der Waals surface area (Å²) in [5, 5.41) is 17.6. The molecule has 0 aromatic rings. The Hall–Kier alpha value is 0.0700. The molecule has 1 atom stereocenters. The SMILES string of the molecule is CCC(CC)N(CCO)CCO.O=[PH2]O. The van der Waals surface area contributed by atoms with Crippen molar-refractivity contribution in [1.82, 2.24) is 4.90 Å². The molecule has 6 heteroatoms. The highest BCUT2D eigenvalue weighted by Gasteiger charge is 2.12. The summed E-state index contributed by atoms with van der Waals surface area (Å²) in [6.45, 7) is 5.97. The zero-order chi connectivity index (χ0) is 12.1. The van der Waals surface area contributed by atoms with Crippen LogP contribution in [0.3, 0.4) is 0 Å². The minimum absolute atomic E-state index is 0.177. The monoisotopic (exact) mass is 241 g/mol. The fraction of sp³-hybridized carbons (Fsp3) is 1.00. The van der Waals surface area contributed by atoms with E-state index in [2.05, 4.69) is 18.7 Å². The molecule has 0 spiro atoms. The van der Waals surface area contributed by atoms with E-state index in [4.69, 9.17) is 19.7 Å². The van der Waals surface area contributed by atoms with E-state index in [0.717, 1.165) is 12.8 Å². The van der Waals surface area contributed by atoms with Gasteiger partial charge in [-0.3, -0.25) is 9.46 Å². The fourth-order valence-corrected chi connectivity index (χ4v) is 1.54. The molecular formula is C9H24NO4P. The van der Waals surface area contributed by atoms with Crippen LogP contribution in [0.4, 0.5) is 0 Å². The quantitative estimate of drug-likeness (QED) is 0.551. The van der Waals surface area contributed by atoms with Gasteiger partial charge in [0.2, 0.25) is 0 Å². The van der Waals surface area contributed by atoms with Crippen molar-refractivity contribution in [3.05, 3.63) is 0 Å². The molecule has 0 bridgehead atoms. The van der Waals surface area contributed by atoms with Crippen molar-refractivity contribution in [2.24, 2.45) is 0 Å². The van der Waals surface area contributed by atoms with E-state index in [1.165, 1.54) is 0 Å². The molecule has 0 heterocycles. The summed E-state index contributed by atoms with van der Waals surface area (Å²) in [6.07, 6.45) is 2.16. The maximum Gasteiger partial charge on any atom is 0.177 e.